The minimum Gasteiger partial charge on any atom is -0.462 e. The molecule has 2 N–H and O–H groups in total. The molecule has 4 aromatic carbocycles. The number of aliphatic hydroxyl groups excluding tert-OH is 1. The van der Waals surface area contributed by atoms with Crippen LogP contribution in [0.2, 0.25) is 0 Å². The van der Waals surface area contributed by atoms with Gasteiger partial charge in [-0.05, 0) is 77.5 Å². The fourth-order valence-electron chi connectivity index (χ4n) is 4.51. The lowest BCUT2D eigenvalue weighted by Crippen LogP contribution is -2.27. The molecule has 0 radical (unpaired) electrons. The van der Waals surface area contributed by atoms with E-state index in [1.54, 1.807) is 25.1 Å². The second kappa shape index (κ2) is 14.1. The van der Waals surface area contributed by atoms with Crippen molar-refractivity contribution in [2.75, 3.05) is 19.8 Å². The Bertz CT molecular complexity index is 1820. The molecule has 0 bridgehead atoms. The van der Waals surface area contributed by atoms with Crippen molar-refractivity contribution in [1.82, 2.24) is 5.32 Å². The summed E-state index contributed by atoms with van der Waals surface area (Å²) in [6.45, 7) is 2.04. The maximum absolute atomic E-state index is 13.1. The molecule has 0 saturated carbocycles. The smallest absolute Gasteiger partial charge is 0.342 e. The Balaban J connectivity index is 1.57. The van der Waals surface area contributed by atoms with E-state index in [9.17, 15) is 9.59 Å². The zero-order chi connectivity index (χ0) is 30.2. The highest BCUT2D eigenvalue weighted by Gasteiger charge is 2.24. The number of carbonyl (C=O) groups is 2. The molecular formula is C35H28INO6. The van der Waals surface area contributed by atoms with Gasteiger partial charge >= 0.3 is 5.97 Å². The second-order valence-corrected chi connectivity index (χ2v) is 10.6. The zero-order valence-corrected chi connectivity index (χ0v) is 25.5. The summed E-state index contributed by atoms with van der Waals surface area (Å²) in [6.07, 6.45) is 0.127. The van der Waals surface area contributed by atoms with Crippen LogP contribution in [0, 0.1) is 15.4 Å². The lowest BCUT2D eigenvalue weighted by molar-refractivity contribution is -0.120. The third-order valence-electron chi connectivity index (χ3n) is 6.41. The molecule has 0 aliphatic rings. The van der Waals surface area contributed by atoms with Crippen molar-refractivity contribution in [2.45, 2.75) is 13.3 Å². The fraction of sp³-hybridized carbons (Fsp3) is 0.143. The number of benzene rings is 4. The number of hydrogen-bond acceptors (Lipinski definition) is 6. The first-order valence-corrected chi connectivity index (χ1v) is 14.8. The molecule has 1 heterocycles. The summed E-state index contributed by atoms with van der Waals surface area (Å²) in [6, 6.07) is 28.0. The molecule has 43 heavy (non-hydrogen) atoms. The van der Waals surface area contributed by atoms with Crippen LogP contribution in [0.3, 0.4) is 0 Å². The van der Waals surface area contributed by atoms with E-state index >= 15 is 0 Å². The SMILES string of the molecule is CCOC(=O)c1c(-c2ccccc2)oc2ccc(Oc3c(I)cc(CC(=O)NCCO)cc3C#Cc3ccccc3)cc12. The molecule has 0 spiro atoms. The van der Waals surface area contributed by atoms with Crippen LogP contribution in [0.4, 0.5) is 0 Å². The molecule has 0 aliphatic heterocycles. The molecule has 5 aromatic rings. The van der Waals surface area contributed by atoms with Gasteiger partial charge in [0, 0.05) is 23.1 Å². The number of fused-ring (bicyclic) bond motifs is 1. The van der Waals surface area contributed by atoms with Crippen LogP contribution in [0.25, 0.3) is 22.3 Å². The average Bonchev–Trinajstić information content (AvgIpc) is 3.40. The van der Waals surface area contributed by atoms with E-state index in [4.69, 9.17) is 19.0 Å². The number of amides is 1. The molecule has 1 amide bonds. The van der Waals surface area contributed by atoms with Crippen molar-refractivity contribution in [3.8, 4) is 34.7 Å². The Morgan fingerprint density at radius 1 is 0.953 bits per heavy atom. The minimum absolute atomic E-state index is 0.127. The molecule has 0 atom stereocenters. The van der Waals surface area contributed by atoms with E-state index < -0.39 is 5.97 Å². The summed E-state index contributed by atoms with van der Waals surface area (Å²) < 4.78 is 18.7. The van der Waals surface area contributed by atoms with Gasteiger partial charge in [-0.15, -0.1) is 0 Å². The fourth-order valence-corrected chi connectivity index (χ4v) is 5.31. The highest BCUT2D eigenvalue weighted by Crippen LogP contribution is 2.38. The maximum Gasteiger partial charge on any atom is 0.342 e. The number of hydrogen-bond donors (Lipinski definition) is 2. The standard InChI is InChI=1S/C35H28INO6/c1-2-41-35(40)32-28-22-27(15-16-30(28)43-34(32)25-11-7-4-8-12-25)42-33-26(14-13-23-9-5-3-6-10-23)19-24(20-29(33)36)21-31(39)37-17-18-38/h3-12,15-16,19-20,22,38H,2,17-18,21H2,1H3,(H,37,39). The first-order chi connectivity index (χ1) is 21.0. The number of rotatable bonds is 9. The number of ether oxygens (including phenoxy) is 2. The second-order valence-electron chi connectivity index (χ2n) is 9.47. The van der Waals surface area contributed by atoms with Gasteiger partial charge in [0.25, 0.3) is 0 Å². The van der Waals surface area contributed by atoms with Gasteiger partial charge in [-0.1, -0.05) is 60.4 Å². The number of carbonyl (C=O) groups excluding carboxylic acids is 2. The van der Waals surface area contributed by atoms with Crippen LogP contribution in [0.5, 0.6) is 11.5 Å². The number of halogens is 1. The first-order valence-electron chi connectivity index (χ1n) is 13.7. The van der Waals surface area contributed by atoms with Gasteiger partial charge in [-0.2, -0.15) is 0 Å². The largest absolute Gasteiger partial charge is 0.462 e. The molecule has 0 saturated heterocycles. The van der Waals surface area contributed by atoms with Gasteiger partial charge < -0.3 is 24.3 Å². The Hall–Kier alpha value is -4.59. The van der Waals surface area contributed by atoms with Gasteiger partial charge in [0.05, 0.1) is 28.8 Å². The summed E-state index contributed by atoms with van der Waals surface area (Å²) in [5.74, 6) is 7.13. The molecule has 0 unspecified atom stereocenters. The van der Waals surface area contributed by atoms with Gasteiger partial charge in [0.2, 0.25) is 5.91 Å². The van der Waals surface area contributed by atoms with Crippen molar-refractivity contribution in [3.05, 3.63) is 117 Å². The highest BCUT2D eigenvalue weighted by molar-refractivity contribution is 14.1. The topological polar surface area (TPSA) is 98.0 Å². The quantitative estimate of drug-likeness (QED) is 0.102. The van der Waals surface area contributed by atoms with Crippen molar-refractivity contribution >= 4 is 45.4 Å². The van der Waals surface area contributed by atoms with Gasteiger partial charge in [0.15, 0.2) is 5.75 Å². The predicted molar refractivity (Wildman–Crippen MR) is 173 cm³/mol. The highest BCUT2D eigenvalue weighted by atomic mass is 127. The van der Waals surface area contributed by atoms with E-state index in [1.165, 1.54) is 0 Å². The van der Waals surface area contributed by atoms with Crippen LogP contribution in [-0.2, 0) is 16.0 Å². The Morgan fingerprint density at radius 3 is 2.42 bits per heavy atom. The summed E-state index contributed by atoms with van der Waals surface area (Å²) >= 11 is 2.17. The summed E-state index contributed by atoms with van der Waals surface area (Å²) in [4.78, 5) is 25.5. The van der Waals surface area contributed by atoms with E-state index in [-0.39, 0.29) is 32.1 Å². The van der Waals surface area contributed by atoms with Crippen LogP contribution in [-0.4, -0.2) is 36.7 Å². The van der Waals surface area contributed by atoms with Crippen LogP contribution < -0.4 is 10.1 Å². The maximum atomic E-state index is 13.1. The Kier molecular flexibility index (Phi) is 9.77. The molecule has 8 heteroatoms. The number of esters is 1. The van der Waals surface area contributed by atoms with E-state index in [0.29, 0.717) is 39.4 Å². The predicted octanol–water partition coefficient (Wildman–Crippen LogP) is 6.72. The zero-order valence-electron chi connectivity index (χ0n) is 23.4. The molecule has 216 valence electrons. The summed E-state index contributed by atoms with van der Waals surface area (Å²) in [5.41, 5.74) is 3.81. The monoisotopic (exact) mass is 685 g/mol. The Morgan fingerprint density at radius 2 is 1.70 bits per heavy atom. The molecule has 7 nitrogen and oxygen atoms in total. The molecule has 0 fully saturated rings. The number of aliphatic hydroxyl groups is 1. The van der Waals surface area contributed by atoms with Crippen LogP contribution >= 0.6 is 22.6 Å². The summed E-state index contributed by atoms with van der Waals surface area (Å²) in [7, 11) is 0. The molecule has 5 rings (SSSR count). The van der Waals surface area contributed by atoms with Crippen LogP contribution in [0.1, 0.15) is 34.0 Å². The lowest BCUT2D eigenvalue weighted by atomic mass is 10.0. The molecule has 1 aromatic heterocycles. The summed E-state index contributed by atoms with van der Waals surface area (Å²) in [5, 5.41) is 12.3. The van der Waals surface area contributed by atoms with Gasteiger partial charge in [0.1, 0.15) is 22.7 Å². The van der Waals surface area contributed by atoms with Crippen molar-refractivity contribution in [2.24, 2.45) is 0 Å². The third-order valence-corrected chi connectivity index (χ3v) is 7.21. The van der Waals surface area contributed by atoms with Gasteiger partial charge in [-0.25, -0.2) is 4.79 Å². The number of nitrogens with one attached hydrogen (secondary N) is 1. The molecule has 0 aliphatic carbocycles. The van der Waals surface area contributed by atoms with E-state index in [2.05, 4.69) is 39.7 Å². The average molecular weight is 686 g/mol. The van der Waals surface area contributed by atoms with Crippen molar-refractivity contribution in [3.63, 3.8) is 0 Å². The van der Waals surface area contributed by atoms with E-state index in [1.807, 2.05) is 72.8 Å². The van der Waals surface area contributed by atoms with Crippen LogP contribution in [0.15, 0.2) is 95.4 Å². The van der Waals surface area contributed by atoms with Crippen molar-refractivity contribution in [1.29, 1.82) is 0 Å². The van der Waals surface area contributed by atoms with Gasteiger partial charge in [-0.3, -0.25) is 4.79 Å². The number of furan rings is 1. The molecular weight excluding hydrogens is 657 g/mol. The lowest BCUT2D eigenvalue weighted by Gasteiger charge is -2.13. The van der Waals surface area contributed by atoms with Crippen molar-refractivity contribution < 1.29 is 28.6 Å². The first kappa shape index (κ1) is 29.9. The third kappa shape index (κ3) is 7.25. The normalized spacial score (nSPS) is 10.6. The Labute approximate surface area is 263 Å². The van der Waals surface area contributed by atoms with E-state index in [0.717, 1.165) is 20.3 Å². The minimum atomic E-state index is -0.481.